The third-order valence-electron chi connectivity index (χ3n) is 5.62. The van der Waals surface area contributed by atoms with Crippen LogP contribution in [0.5, 0.6) is 5.75 Å². The first-order chi connectivity index (χ1) is 14.9. The number of nitrogens with one attached hydrogen (secondary N) is 1. The van der Waals surface area contributed by atoms with Gasteiger partial charge < -0.3 is 19.9 Å². The summed E-state index contributed by atoms with van der Waals surface area (Å²) < 4.78 is 11.5. The Kier molecular flexibility index (Phi) is 8.08. The summed E-state index contributed by atoms with van der Waals surface area (Å²) in [5.74, 6) is 0.818. The van der Waals surface area contributed by atoms with Gasteiger partial charge in [0.15, 0.2) is 0 Å². The number of aliphatic hydroxyl groups excluding tert-OH is 1. The highest BCUT2D eigenvalue weighted by atomic mass is 16.5. The average molecular weight is 422 g/mol. The molecule has 3 aromatic carbocycles. The molecular formula is C27H35NO3. The Hall–Kier alpha value is -2.40. The number of rotatable bonds is 11. The van der Waals surface area contributed by atoms with Crippen LogP contribution >= 0.6 is 0 Å². The van der Waals surface area contributed by atoms with Crippen LogP contribution in [-0.2, 0) is 11.2 Å². The topological polar surface area (TPSA) is 50.7 Å². The first kappa shape index (κ1) is 23.3. The normalized spacial score (nSPS) is 13.8. The van der Waals surface area contributed by atoms with Crippen LogP contribution in [0.3, 0.4) is 0 Å². The van der Waals surface area contributed by atoms with E-state index in [9.17, 15) is 5.11 Å². The Morgan fingerprint density at radius 2 is 1.68 bits per heavy atom. The van der Waals surface area contributed by atoms with Crippen molar-refractivity contribution in [3.8, 4) is 5.75 Å². The highest BCUT2D eigenvalue weighted by Gasteiger charge is 2.21. The lowest BCUT2D eigenvalue weighted by molar-refractivity contribution is -0.0141. The van der Waals surface area contributed by atoms with Crippen LogP contribution in [0.15, 0.2) is 66.7 Å². The summed E-state index contributed by atoms with van der Waals surface area (Å²) in [5.41, 5.74) is 2.16. The Bertz CT molecular complexity index is 969. The molecule has 0 saturated heterocycles. The van der Waals surface area contributed by atoms with Crippen LogP contribution in [0.25, 0.3) is 10.8 Å². The van der Waals surface area contributed by atoms with Crippen molar-refractivity contribution in [3.05, 3.63) is 77.9 Å². The highest BCUT2D eigenvalue weighted by Crippen LogP contribution is 2.29. The third kappa shape index (κ3) is 6.54. The maximum absolute atomic E-state index is 10.5. The Balaban J connectivity index is 1.52. The zero-order valence-electron chi connectivity index (χ0n) is 19.1. The van der Waals surface area contributed by atoms with E-state index in [0.29, 0.717) is 6.54 Å². The Morgan fingerprint density at radius 3 is 2.42 bits per heavy atom. The lowest BCUT2D eigenvalue weighted by Crippen LogP contribution is -2.46. The lowest BCUT2D eigenvalue weighted by Gasteiger charge is -2.29. The molecule has 2 N–H and O–H groups in total. The van der Waals surface area contributed by atoms with E-state index in [2.05, 4.69) is 68.6 Å². The zero-order valence-corrected chi connectivity index (χ0v) is 19.1. The fraction of sp³-hybridized carbons (Fsp3) is 0.407. The molecule has 0 heterocycles. The molecule has 2 atom stereocenters. The molecule has 0 saturated carbocycles. The fourth-order valence-electron chi connectivity index (χ4n) is 3.96. The molecule has 0 bridgehead atoms. The van der Waals surface area contributed by atoms with Gasteiger partial charge in [0.2, 0.25) is 0 Å². The largest absolute Gasteiger partial charge is 0.496 e. The number of hydrogen-bond donors (Lipinski definition) is 2. The quantitative estimate of drug-likeness (QED) is 0.442. The van der Waals surface area contributed by atoms with Gasteiger partial charge in [-0.2, -0.15) is 0 Å². The van der Waals surface area contributed by atoms with Crippen LogP contribution in [-0.4, -0.2) is 37.0 Å². The zero-order chi connectivity index (χ0) is 22.3. The van der Waals surface area contributed by atoms with Gasteiger partial charge in [-0.1, -0.05) is 67.6 Å². The number of methoxy groups -OCH3 is 1. The summed E-state index contributed by atoms with van der Waals surface area (Å²) in [6, 6.07) is 22.9. The number of hydrogen-bond acceptors (Lipinski definition) is 4. The van der Waals surface area contributed by atoms with Gasteiger partial charge in [0.25, 0.3) is 0 Å². The van der Waals surface area contributed by atoms with Crippen molar-refractivity contribution in [1.82, 2.24) is 5.32 Å². The van der Waals surface area contributed by atoms with Gasteiger partial charge >= 0.3 is 0 Å². The predicted octanol–water partition coefficient (Wildman–Crippen LogP) is 5.29. The molecule has 0 aliphatic rings. The van der Waals surface area contributed by atoms with Crippen LogP contribution in [0, 0.1) is 0 Å². The molecule has 0 fully saturated rings. The van der Waals surface area contributed by atoms with Crippen molar-refractivity contribution >= 4 is 10.8 Å². The molecule has 0 aromatic heterocycles. The van der Waals surface area contributed by atoms with Gasteiger partial charge in [0.1, 0.15) is 5.75 Å². The molecule has 4 nitrogen and oxygen atoms in total. The maximum Gasteiger partial charge on any atom is 0.124 e. The van der Waals surface area contributed by atoms with Crippen LogP contribution < -0.4 is 10.1 Å². The highest BCUT2D eigenvalue weighted by molar-refractivity contribution is 5.83. The molecule has 0 radical (unpaired) electrons. The number of ether oxygens (including phenoxy) is 2. The van der Waals surface area contributed by atoms with Crippen LogP contribution in [0.1, 0.15) is 44.4 Å². The number of aliphatic hydroxyl groups is 1. The van der Waals surface area contributed by atoms with Crippen molar-refractivity contribution < 1.29 is 14.6 Å². The second-order valence-electron chi connectivity index (χ2n) is 8.75. The van der Waals surface area contributed by atoms with E-state index < -0.39 is 6.10 Å². The van der Waals surface area contributed by atoms with E-state index in [1.54, 1.807) is 7.11 Å². The summed E-state index contributed by atoms with van der Waals surface area (Å²) >= 11 is 0. The standard InChI is InChI=1S/C27H35NO3/c1-5-25(24-12-8-9-13-26(24)30-4)31-19-23(29)18-28-27(2,3)17-20-14-15-21-10-6-7-11-22(21)16-20/h6-16,23,25,28-29H,5,17-19H2,1-4H3/t23-,25?/m1/s1. The second kappa shape index (κ2) is 10.8. The van der Waals surface area contributed by atoms with Crippen molar-refractivity contribution in [2.24, 2.45) is 0 Å². The molecule has 166 valence electrons. The number of fused-ring (bicyclic) bond motifs is 1. The maximum atomic E-state index is 10.5. The van der Waals surface area contributed by atoms with E-state index in [1.165, 1.54) is 16.3 Å². The summed E-state index contributed by atoms with van der Waals surface area (Å²) in [6.45, 7) is 7.16. The van der Waals surface area contributed by atoms with Gasteiger partial charge in [-0.25, -0.2) is 0 Å². The summed E-state index contributed by atoms with van der Waals surface area (Å²) in [5, 5.41) is 16.5. The molecule has 0 spiro atoms. The number of benzene rings is 3. The van der Waals surface area contributed by atoms with Gasteiger partial charge in [-0.05, 0) is 49.1 Å². The fourth-order valence-corrected chi connectivity index (χ4v) is 3.96. The van der Waals surface area contributed by atoms with Gasteiger partial charge in [-0.3, -0.25) is 0 Å². The monoisotopic (exact) mass is 421 g/mol. The van der Waals surface area contributed by atoms with Crippen LogP contribution in [0.4, 0.5) is 0 Å². The minimum Gasteiger partial charge on any atom is -0.496 e. The van der Waals surface area contributed by atoms with E-state index in [4.69, 9.17) is 9.47 Å². The second-order valence-corrected chi connectivity index (χ2v) is 8.75. The third-order valence-corrected chi connectivity index (χ3v) is 5.62. The van der Waals surface area contributed by atoms with Crippen molar-refractivity contribution in [1.29, 1.82) is 0 Å². The minimum absolute atomic E-state index is 0.101. The molecule has 0 amide bonds. The molecule has 3 rings (SSSR count). The molecule has 0 aliphatic carbocycles. The first-order valence-corrected chi connectivity index (χ1v) is 11.1. The smallest absolute Gasteiger partial charge is 0.124 e. The molecule has 4 heteroatoms. The Labute approximate surface area is 186 Å². The Morgan fingerprint density at radius 1 is 0.968 bits per heavy atom. The van der Waals surface area contributed by atoms with E-state index in [1.807, 2.05) is 24.3 Å². The van der Waals surface area contributed by atoms with Crippen LogP contribution in [0.2, 0.25) is 0 Å². The van der Waals surface area contributed by atoms with E-state index in [0.717, 1.165) is 24.2 Å². The molecular weight excluding hydrogens is 386 g/mol. The average Bonchev–Trinajstić information content (AvgIpc) is 2.78. The lowest BCUT2D eigenvalue weighted by atomic mass is 9.93. The van der Waals surface area contributed by atoms with Crippen molar-refractivity contribution in [3.63, 3.8) is 0 Å². The van der Waals surface area contributed by atoms with Crippen molar-refractivity contribution in [2.45, 2.75) is 51.4 Å². The minimum atomic E-state index is -0.584. The van der Waals surface area contributed by atoms with Gasteiger partial charge in [-0.15, -0.1) is 0 Å². The first-order valence-electron chi connectivity index (χ1n) is 11.1. The number of β-amino-alcohol motifs (C(OH)–C–C–N with tert-alkyl or cyclic N) is 1. The molecule has 0 aliphatic heterocycles. The molecule has 31 heavy (non-hydrogen) atoms. The van der Waals surface area contributed by atoms with E-state index >= 15 is 0 Å². The SMILES string of the molecule is CCC(OC[C@H](O)CNC(C)(C)Cc1ccc2ccccc2c1)c1ccccc1OC. The van der Waals surface area contributed by atoms with Gasteiger partial charge in [0, 0.05) is 17.6 Å². The van der Waals surface area contributed by atoms with Gasteiger partial charge in [0.05, 0.1) is 25.9 Å². The predicted molar refractivity (Wildman–Crippen MR) is 128 cm³/mol. The summed E-state index contributed by atoms with van der Waals surface area (Å²) in [6.07, 6.45) is 1.01. The van der Waals surface area contributed by atoms with Crippen molar-refractivity contribution in [2.75, 3.05) is 20.3 Å². The summed E-state index contributed by atoms with van der Waals surface area (Å²) in [4.78, 5) is 0. The summed E-state index contributed by atoms with van der Waals surface area (Å²) in [7, 11) is 1.67. The molecule has 3 aromatic rings. The molecule has 1 unspecified atom stereocenters. The number of para-hydroxylation sites is 1. The van der Waals surface area contributed by atoms with E-state index in [-0.39, 0.29) is 18.2 Å².